The molecular formula is C33H39ClF2N2O5S. The van der Waals surface area contributed by atoms with E-state index in [0.717, 1.165) is 30.4 Å². The molecule has 6 atom stereocenters. The van der Waals surface area contributed by atoms with Crippen molar-refractivity contribution < 1.29 is 31.8 Å². The zero-order chi connectivity index (χ0) is 31.4. The molecule has 2 aliphatic heterocycles. The van der Waals surface area contributed by atoms with Crippen LogP contribution in [0.3, 0.4) is 0 Å². The fourth-order valence-corrected chi connectivity index (χ4v) is 9.02. The third-order valence-corrected chi connectivity index (χ3v) is 12.7. The van der Waals surface area contributed by atoms with Crippen LogP contribution in [0, 0.1) is 17.8 Å². The summed E-state index contributed by atoms with van der Waals surface area (Å²) in [4.78, 5) is 15.4. The lowest BCUT2D eigenvalue weighted by molar-refractivity contribution is -0.136. The number of benzene rings is 2. The molecule has 11 heteroatoms. The lowest BCUT2D eigenvalue weighted by Crippen LogP contribution is -2.55. The van der Waals surface area contributed by atoms with Gasteiger partial charge in [-0.1, -0.05) is 36.7 Å². The Bertz CT molecular complexity index is 1590. The summed E-state index contributed by atoms with van der Waals surface area (Å²) in [6, 6.07) is 10.8. The first-order valence-corrected chi connectivity index (χ1v) is 17.3. The Morgan fingerprint density at radius 2 is 1.95 bits per heavy atom. The number of carbonyl (C=O) groups is 1. The van der Waals surface area contributed by atoms with Crippen LogP contribution in [0.2, 0.25) is 5.02 Å². The molecule has 7 nitrogen and oxygen atoms in total. The quantitative estimate of drug-likeness (QED) is 0.375. The van der Waals surface area contributed by atoms with Crippen molar-refractivity contribution in [1.29, 1.82) is 0 Å². The van der Waals surface area contributed by atoms with Crippen LogP contribution >= 0.6 is 11.6 Å². The Morgan fingerprint density at radius 3 is 2.68 bits per heavy atom. The lowest BCUT2D eigenvalue weighted by atomic mass is 9.64. The molecule has 2 aromatic carbocycles. The predicted octanol–water partition coefficient (Wildman–Crippen LogP) is 5.88. The Hall–Kier alpha value is -2.69. The summed E-state index contributed by atoms with van der Waals surface area (Å²) in [6.45, 7) is 4.41. The molecule has 44 heavy (non-hydrogen) atoms. The van der Waals surface area contributed by atoms with Gasteiger partial charge >= 0.3 is 0 Å². The van der Waals surface area contributed by atoms with Gasteiger partial charge in [-0.3, -0.25) is 4.79 Å². The second-order valence-electron chi connectivity index (χ2n) is 13.2. The van der Waals surface area contributed by atoms with Crippen LogP contribution in [-0.2, 0) is 21.9 Å². The number of amides is 1. The summed E-state index contributed by atoms with van der Waals surface area (Å²) in [5.41, 5.74) is 0.289. The number of fused-ring (bicyclic) bond motifs is 4. The van der Waals surface area contributed by atoms with Crippen molar-refractivity contribution in [3.05, 3.63) is 70.3 Å². The number of carbonyl (C=O) groups excluding carboxylic acids is 1. The maximum absolute atomic E-state index is 14.6. The van der Waals surface area contributed by atoms with Crippen molar-refractivity contribution >= 4 is 33.2 Å². The first-order chi connectivity index (χ1) is 20.8. The number of hydrogen-bond acceptors (Lipinski definition) is 6. The lowest BCUT2D eigenvalue weighted by Gasteiger charge is -2.48. The fourth-order valence-electron chi connectivity index (χ4n) is 7.54. The molecule has 1 spiro atoms. The fraction of sp³-hybridized carbons (Fsp3) is 0.545. The number of ether oxygens (including phenoxy) is 1. The molecule has 2 bridgehead atoms. The van der Waals surface area contributed by atoms with E-state index in [1.807, 2.05) is 18.2 Å². The first-order valence-electron chi connectivity index (χ1n) is 15.4. The molecule has 2 N–H and O–H groups in total. The topological polar surface area (TPSA) is 95.9 Å². The number of aryl methyl sites for hydroxylation is 1. The highest BCUT2D eigenvalue weighted by atomic mass is 35.5. The largest absolute Gasteiger partial charge is 0.490 e. The van der Waals surface area contributed by atoms with Crippen LogP contribution in [0.4, 0.5) is 14.5 Å². The minimum absolute atomic E-state index is 0.150. The second-order valence-corrected chi connectivity index (χ2v) is 15.7. The number of hydrogen-bond donors (Lipinski definition) is 2. The molecular weight excluding hydrogens is 610 g/mol. The van der Waals surface area contributed by atoms with E-state index < -0.39 is 50.5 Å². The second kappa shape index (κ2) is 11.6. The standard InChI is InChI=1S/C33H39ClF2N2O5S/c1-20-5-3-14-33(40,31(35)36)27-10-7-24(27)17-38-18-32(13-4-6-22-15-25(34)9-11-26(22)32)19-43-29-12-8-23(16-28(29)38)30(39)37-44(41,42)21(20)2/h3,8-9,11-12,14-16,20-21,24,27,31,40H,4-7,10,13,17-19H2,1-2H3,(H,37,39)/b14-3+/t20-,21+,24-,27+,32-,33+/m0/s1. The van der Waals surface area contributed by atoms with E-state index >= 15 is 0 Å². The summed E-state index contributed by atoms with van der Waals surface area (Å²) in [7, 11) is -4.09. The number of anilines is 1. The minimum Gasteiger partial charge on any atom is -0.490 e. The van der Waals surface area contributed by atoms with E-state index in [1.54, 1.807) is 25.1 Å². The SMILES string of the molecule is C[C@@H]1[C@@H](C)C/C=C/[C@](O)(C(F)F)[C@@H]2CC[C@H]2CN2C[C@@]3(CCCc4cc(Cl)ccc43)COc3ccc(cc32)C(=O)NS1(=O)=O. The molecule has 1 amide bonds. The highest BCUT2D eigenvalue weighted by Gasteiger charge is 2.52. The predicted molar refractivity (Wildman–Crippen MR) is 166 cm³/mol. The third kappa shape index (κ3) is 5.51. The highest BCUT2D eigenvalue weighted by molar-refractivity contribution is 7.90. The molecule has 1 saturated carbocycles. The van der Waals surface area contributed by atoms with Gasteiger partial charge in [0.25, 0.3) is 12.3 Å². The number of nitrogens with one attached hydrogen (secondary N) is 1. The van der Waals surface area contributed by atoms with Crippen molar-refractivity contribution in [2.24, 2.45) is 17.8 Å². The van der Waals surface area contributed by atoms with Crippen molar-refractivity contribution in [2.45, 2.75) is 75.1 Å². The van der Waals surface area contributed by atoms with E-state index in [2.05, 4.69) is 9.62 Å². The molecule has 0 aromatic heterocycles. The number of nitrogens with zero attached hydrogens (tertiary/aromatic N) is 1. The molecule has 1 fully saturated rings. The van der Waals surface area contributed by atoms with Gasteiger partial charge in [0.1, 0.15) is 11.4 Å². The highest BCUT2D eigenvalue weighted by Crippen LogP contribution is 2.49. The summed E-state index contributed by atoms with van der Waals surface area (Å²) in [6.07, 6.45) is 3.55. The number of alkyl halides is 2. The van der Waals surface area contributed by atoms with Gasteiger partial charge in [0.05, 0.1) is 17.5 Å². The number of rotatable bonds is 1. The molecule has 6 rings (SSSR count). The van der Waals surface area contributed by atoms with Crippen molar-refractivity contribution in [1.82, 2.24) is 4.72 Å². The molecule has 2 aromatic rings. The molecule has 0 saturated heterocycles. The van der Waals surface area contributed by atoms with Crippen molar-refractivity contribution in [3.8, 4) is 5.75 Å². The zero-order valence-electron chi connectivity index (χ0n) is 24.9. The first kappa shape index (κ1) is 31.3. The summed E-state index contributed by atoms with van der Waals surface area (Å²) >= 11 is 6.35. The van der Waals surface area contributed by atoms with Gasteiger partial charge in [0.15, 0.2) is 0 Å². The maximum atomic E-state index is 14.6. The van der Waals surface area contributed by atoms with E-state index in [0.29, 0.717) is 49.0 Å². The monoisotopic (exact) mass is 648 g/mol. The number of aliphatic hydroxyl groups is 1. The van der Waals surface area contributed by atoms with E-state index in [9.17, 15) is 27.1 Å². The molecule has 0 radical (unpaired) electrons. The van der Waals surface area contributed by atoms with E-state index in [-0.39, 0.29) is 17.9 Å². The number of halogens is 3. The van der Waals surface area contributed by atoms with E-state index in [1.165, 1.54) is 19.1 Å². The normalized spacial score (nSPS) is 34.2. The molecule has 0 unspecified atom stereocenters. The van der Waals surface area contributed by atoms with Gasteiger partial charge in [0.2, 0.25) is 10.0 Å². The minimum atomic E-state index is -4.09. The summed E-state index contributed by atoms with van der Waals surface area (Å²) in [5, 5.41) is 11.1. The van der Waals surface area contributed by atoms with Crippen LogP contribution in [0.25, 0.3) is 0 Å². The van der Waals surface area contributed by atoms with Gasteiger partial charge in [-0.15, -0.1) is 0 Å². The van der Waals surface area contributed by atoms with Crippen LogP contribution < -0.4 is 14.4 Å². The van der Waals surface area contributed by atoms with Crippen LogP contribution in [0.1, 0.15) is 67.4 Å². The van der Waals surface area contributed by atoms with Gasteiger partial charge in [0, 0.05) is 35.0 Å². The molecule has 2 heterocycles. The van der Waals surface area contributed by atoms with Crippen LogP contribution in [0.15, 0.2) is 48.6 Å². The van der Waals surface area contributed by atoms with Crippen LogP contribution in [0.5, 0.6) is 5.75 Å². The smallest absolute Gasteiger partial charge is 0.270 e. The average molecular weight is 649 g/mol. The maximum Gasteiger partial charge on any atom is 0.270 e. The van der Waals surface area contributed by atoms with Gasteiger partial charge in [-0.2, -0.15) is 0 Å². The number of sulfonamides is 1. The summed E-state index contributed by atoms with van der Waals surface area (Å²) < 4.78 is 64.2. The average Bonchev–Trinajstić information content (AvgIpc) is 3.10. The molecule has 238 valence electrons. The molecule has 4 aliphatic rings. The zero-order valence-corrected chi connectivity index (χ0v) is 26.5. The summed E-state index contributed by atoms with van der Waals surface area (Å²) in [5.74, 6) is -1.62. The van der Waals surface area contributed by atoms with Gasteiger partial charge in [-0.05, 0) is 98.7 Å². The van der Waals surface area contributed by atoms with Crippen molar-refractivity contribution in [2.75, 3.05) is 24.6 Å². The van der Waals surface area contributed by atoms with Crippen LogP contribution in [-0.4, -0.2) is 56.4 Å². The van der Waals surface area contributed by atoms with Gasteiger partial charge in [-0.25, -0.2) is 21.9 Å². The van der Waals surface area contributed by atoms with E-state index in [4.69, 9.17) is 16.3 Å². The Kier molecular flexibility index (Phi) is 8.24. The Balaban J connectivity index is 1.46. The Labute approximate surface area is 262 Å². The van der Waals surface area contributed by atoms with Gasteiger partial charge < -0.3 is 14.7 Å². The van der Waals surface area contributed by atoms with Crippen molar-refractivity contribution in [3.63, 3.8) is 0 Å². The number of allylic oxidation sites excluding steroid dienone is 1. The molecule has 2 aliphatic carbocycles. The third-order valence-electron chi connectivity index (χ3n) is 10.5. The Morgan fingerprint density at radius 1 is 1.16 bits per heavy atom.